The largest absolute Gasteiger partial charge is 0.476 e. The van der Waals surface area contributed by atoms with Crippen molar-refractivity contribution in [2.75, 3.05) is 5.73 Å². The number of rotatable bonds is 4. The van der Waals surface area contributed by atoms with Crippen LogP contribution in [0.3, 0.4) is 0 Å². The molecule has 0 unspecified atom stereocenters. The summed E-state index contributed by atoms with van der Waals surface area (Å²) in [6, 6.07) is 0. The summed E-state index contributed by atoms with van der Waals surface area (Å²) < 4.78 is 0. The number of carboxylic acid groups (broad SMARTS) is 1. The van der Waals surface area contributed by atoms with E-state index >= 15 is 0 Å². The lowest BCUT2D eigenvalue weighted by Gasteiger charge is -2.36. The van der Waals surface area contributed by atoms with Crippen molar-refractivity contribution >= 4 is 28.1 Å². The summed E-state index contributed by atoms with van der Waals surface area (Å²) in [6.07, 6.45) is 3.93. The first-order chi connectivity index (χ1) is 10.3. The molecule has 7 heteroatoms. The van der Waals surface area contributed by atoms with E-state index in [2.05, 4.69) is 30.9 Å². The zero-order valence-corrected chi connectivity index (χ0v) is 14.0. The van der Waals surface area contributed by atoms with Crippen molar-refractivity contribution in [3.8, 4) is 0 Å². The summed E-state index contributed by atoms with van der Waals surface area (Å²) in [6.45, 7) is 6.77. The highest BCUT2D eigenvalue weighted by molar-refractivity contribution is 7.13. The van der Waals surface area contributed by atoms with Gasteiger partial charge in [0.25, 0.3) is 0 Å². The van der Waals surface area contributed by atoms with E-state index in [4.69, 9.17) is 10.6 Å². The number of thiazole rings is 1. The number of aliphatic carboxylic acids is 1. The molecule has 1 fully saturated rings. The number of hydrogen-bond donors (Lipinski definition) is 2. The Bertz CT molecular complexity index is 555. The number of nitrogens with two attached hydrogens (primary N) is 1. The molecule has 6 nitrogen and oxygen atoms in total. The van der Waals surface area contributed by atoms with Gasteiger partial charge in [-0.15, -0.1) is 11.3 Å². The maximum absolute atomic E-state index is 11.3. The number of anilines is 1. The molecule has 1 aromatic rings. The van der Waals surface area contributed by atoms with Crippen molar-refractivity contribution in [2.24, 2.45) is 16.5 Å². The Balaban J connectivity index is 1.97. The third-order valence-corrected chi connectivity index (χ3v) is 4.83. The zero-order chi connectivity index (χ0) is 16.3. The van der Waals surface area contributed by atoms with E-state index in [1.807, 2.05) is 0 Å². The lowest BCUT2D eigenvalue weighted by molar-refractivity contribution is -0.129. The van der Waals surface area contributed by atoms with Crippen molar-refractivity contribution in [3.63, 3.8) is 0 Å². The molecule has 22 heavy (non-hydrogen) atoms. The van der Waals surface area contributed by atoms with Gasteiger partial charge in [-0.2, -0.15) is 0 Å². The second-order valence-electron chi connectivity index (χ2n) is 6.76. The highest BCUT2D eigenvalue weighted by Gasteiger charge is 2.30. The van der Waals surface area contributed by atoms with Crippen LogP contribution >= 0.6 is 11.3 Å². The number of oxime groups is 1. The van der Waals surface area contributed by atoms with Crippen LogP contribution < -0.4 is 5.73 Å². The maximum atomic E-state index is 11.3. The molecule has 0 saturated heterocycles. The molecule has 0 bridgehead atoms. The molecule has 1 saturated carbocycles. The number of hydrogen-bond acceptors (Lipinski definition) is 6. The maximum Gasteiger partial charge on any atom is 0.360 e. The Morgan fingerprint density at radius 1 is 1.41 bits per heavy atom. The minimum atomic E-state index is -1.16. The molecule has 0 atom stereocenters. The van der Waals surface area contributed by atoms with Gasteiger partial charge in [-0.25, -0.2) is 9.78 Å². The summed E-state index contributed by atoms with van der Waals surface area (Å²) in [5.41, 5.74) is 5.89. The molecule has 1 aromatic heterocycles. The first-order valence-electron chi connectivity index (χ1n) is 7.46. The molecule has 1 aliphatic rings. The Morgan fingerprint density at radius 2 is 2.05 bits per heavy atom. The third kappa shape index (κ3) is 4.19. The SMILES string of the molecule is CC(C)(C)[C@H]1CC[C@H](O/N=C(\C(=O)O)c2csc(N)n2)CC1. The first kappa shape index (κ1) is 16.7. The van der Waals surface area contributed by atoms with Gasteiger partial charge in [-0.3, -0.25) is 0 Å². The Kier molecular flexibility index (Phi) is 5.05. The Hall–Kier alpha value is -1.63. The van der Waals surface area contributed by atoms with Crippen LogP contribution in [0.25, 0.3) is 0 Å². The monoisotopic (exact) mass is 325 g/mol. The molecule has 0 amide bonds. The minimum Gasteiger partial charge on any atom is -0.476 e. The van der Waals surface area contributed by atoms with Crippen LogP contribution in [0.1, 0.15) is 52.1 Å². The van der Waals surface area contributed by atoms with E-state index in [9.17, 15) is 9.90 Å². The second-order valence-corrected chi connectivity index (χ2v) is 7.65. The summed E-state index contributed by atoms with van der Waals surface area (Å²) >= 11 is 1.18. The van der Waals surface area contributed by atoms with Gasteiger partial charge in [-0.1, -0.05) is 25.9 Å². The molecular weight excluding hydrogens is 302 g/mol. The number of nitrogens with zero attached hydrogens (tertiary/aromatic N) is 2. The lowest BCUT2D eigenvalue weighted by atomic mass is 9.72. The highest BCUT2D eigenvalue weighted by atomic mass is 32.1. The molecule has 1 heterocycles. The molecule has 0 aliphatic heterocycles. The van der Waals surface area contributed by atoms with Crippen LogP contribution in [-0.4, -0.2) is 27.9 Å². The first-order valence-corrected chi connectivity index (χ1v) is 8.34. The van der Waals surface area contributed by atoms with Crippen molar-refractivity contribution in [3.05, 3.63) is 11.1 Å². The Morgan fingerprint density at radius 3 is 2.50 bits per heavy atom. The summed E-state index contributed by atoms with van der Waals surface area (Å²) in [4.78, 5) is 20.7. The Labute approximate surface area is 134 Å². The normalized spacial score (nSPS) is 23.3. The highest BCUT2D eigenvalue weighted by Crippen LogP contribution is 2.38. The number of nitrogen functional groups attached to an aromatic ring is 1. The second kappa shape index (κ2) is 6.64. The molecule has 0 radical (unpaired) electrons. The summed E-state index contributed by atoms with van der Waals surface area (Å²) in [5.74, 6) is -0.484. The third-order valence-electron chi connectivity index (χ3n) is 4.16. The average Bonchev–Trinajstić information content (AvgIpc) is 2.84. The van der Waals surface area contributed by atoms with Gasteiger partial charge in [0.2, 0.25) is 5.71 Å². The van der Waals surface area contributed by atoms with Crippen LogP contribution in [0.4, 0.5) is 5.13 Å². The van der Waals surface area contributed by atoms with E-state index in [-0.39, 0.29) is 17.5 Å². The van der Waals surface area contributed by atoms with Gasteiger partial charge < -0.3 is 15.7 Å². The van der Waals surface area contributed by atoms with Gasteiger partial charge in [-0.05, 0) is 37.0 Å². The minimum absolute atomic E-state index is 0.0241. The fourth-order valence-electron chi connectivity index (χ4n) is 2.75. The van der Waals surface area contributed by atoms with Crippen molar-refractivity contribution in [1.29, 1.82) is 0 Å². The van der Waals surface area contributed by atoms with Crippen molar-refractivity contribution in [1.82, 2.24) is 4.98 Å². The fourth-order valence-corrected chi connectivity index (χ4v) is 3.30. The standard InChI is InChI=1S/C15H23N3O3S/c1-15(2,3)9-4-6-10(7-5-9)21-18-12(13(19)20)11-8-22-14(16)17-11/h8-10H,4-7H2,1-3H3,(H2,16,17)(H,19,20)/b18-12-/t9-,10-. The molecule has 2 rings (SSSR count). The average molecular weight is 325 g/mol. The van der Waals surface area contributed by atoms with Crippen LogP contribution in [0.15, 0.2) is 10.5 Å². The number of carbonyl (C=O) groups is 1. The number of carboxylic acids is 1. The topological polar surface area (TPSA) is 97.8 Å². The van der Waals surface area contributed by atoms with Crippen LogP contribution in [0.5, 0.6) is 0 Å². The van der Waals surface area contributed by atoms with E-state index in [1.54, 1.807) is 5.38 Å². The molecule has 0 spiro atoms. The molecule has 0 aromatic carbocycles. The van der Waals surface area contributed by atoms with Gasteiger partial charge >= 0.3 is 5.97 Å². The smallest absolute Gasteiger partial charge is 0.360 e. The van der Waals surface area contributed by atoms with Crippen molar-refractivity contribution in [2.45, 2.75) is 52.6 Å². The van der Waals surface area contributed by atoms with E-state index in [0.717, 1.165) is 25.7 Å². The predicted octanol–water partition coefficient (Wildman–Crippen LogP) is 3.14. The van der Waals surface area contributed by atoms with Crippen LogP contribution in [-0.2, 0) is 9.63 Å². The zero-order valence-electron chi connectivity index (χ0n) is 13.2. The van der Waals surface area contributed by atoms with Crippen LogP contribution in [0, 0.1) is 11.3 Å². The summed E-state index contributed by atoms with van der Waals surface area (Å²) in [7, 11) is 0. The van der Waals surface area contributed by atoms with E-state index in [1.165, 1.54) is 11.3 Å². The molecular formula is C15H23N3O3S. The summed E-state index contributed by atoms with van der Waals surface area (Å²) in [5, 5.41) is 14.9. The predicted molar refractivity (Wildman–Crippen MR) is 87.0 cm³/mol. The lowest BCUT2D eigenvalue weighted by Crippen LogP contribution is -2.29. The quantitative estimate of drug-likeness (QED) is 0.654. The molecule has 1 aliphatic carbocycles. The van der Waals surface area contributed by atoms with Crippen LogP contribution in [0.2, 0.25) is 0 Å². The van der Waals surface area contributed by atoms with Gasteiger partial charge in [0, 0.05) is 5.38 Å². The van der Waals surface area contributed by atoms with Gasteiger partial charge in [0.1, 0.15) is 11.8 Å². The van der Waals surface area contributed by atoms with Gasteiger partial charge in [0.15, 0.2) is 5.13 Å². The van der Waals surface area contributed by atoms with E-state index < -0.39 is 5.97 Å². The van der Waals surface area contributed by atoms with E-state index in [0.29, 0.717) is 16.5 Å². The molecule has 3 N–H and O–H groups in total. The molecule has 122 valence electrons. The number of aromatic nitrogens is 1. The van der Waals surface area contributed by atoms with Crippen molar-refractivity contribution < 1.29 is 14.7 Å². The fraction of sp³-hybridized carbons (Fsp3) is 0.667. The van der Waals surface area contributed by atoms with Gasteiger partial charge in [0.05, 0.1) is 0 Å².